The van der Waals surface area contributed by atoms with E-state index in [-0.39, 0.29) is 5.56 Å². The van der Waals surface area contributed by atoms with Gasteiger partial charge in [-0.15, -0.1) is 0 Å². The summed E-state index contributed by atoms with van der Waals surface area (Å²) < 4.78 is 1.58. The van der Waals surface area contributed by atoms with Gasteiger partial charge in [-0.1, -0.05) is 0 Å². The molecule has 21 heavy (non-hydrogen) atoms. The van der Waals surface area contributed by atoms with E-state index in [1.54, 1.807) is 23.0 Å². The predicted octanol–water partition coefficient (Wildman–Crippen LogP) is 0.782. The van der Waals surface area contributed by atoms with E-state index < -0.39 is 0 Å². The first-order valence-electron chi connectivity index (χ1n) is 7.16. The molecule has 2 aromatic rings. The molecular weight excluding hydrogens is 266 g/mol. The van der Waals surface area contributed by atoms with Crippen molar-refractivity contribution in [3.63, 3.8) is 0 Å². The Morgan fingerprint density at radius 3 is 2.81 bits per heavy atom. The van der Waals surface area contributed by atoms with Gasteiger partial charge in [0.05, 0.1) is 17.9 Å². The van der Waals surface area contributed by atoms with Crippen LogP contribution in [0, 0.1) is 19.8 Å². The average Bonchev–Trinajstić information content (AvgIpc) is 2.40. The van der Waals surface area contributed by atoms with Crippen LogP contribution >= 0.6 is 0 Å². The molecule has 3 heterocycles. The maximum Gasteiger partial charge on any atom is 0.266 e. The predicted molar refractivity (Wildman–Crippen MR) is 78.8 cm³/mol. The monoisotopic (exact) mass is 285 g/mol. The first-order chi connectivity index (χ1) is 10.1. The highest BCUT2D eigenvalue weighted by Crippen LogP contribution is 2.18. The van der Waals surface area contributed by atoms with Gasteiger partial charge in [-0.2, -0.15) is 5.10 Å². The van der Waals surface area contributed by atoms with Crippen LogP contribution in [-0.4, -0.2) is 37.7 Å². The number of nitrogens with zero attached hydrogens (tertiary/aromatic N) is 5. The van der Waals surface area contributed by atoms with Crippen LogP contribution in [0.1, 0.15) is 17.2 Å². The molecule has 1 fully saturated rings. The van der Waals surface area contributed by atoms with Gasteiger partial charge in [0.2, 0.25) is 0 Å². The molecular formula is C15H19N5O. The third-order valence-corrected chi connectivity index (χ3v) is 3.68. The van der Waals surface area contributed by atoms with Crippen LogP contribution in [0.2, 0.25) is 0 Å². The lowest BCUT2D eigenvalue weighted by Crippen LogP contribution is -2.49. The summed E-state index contributed by atoms with van der Waals surface area (Å²) in [6, 6.07) is 5.29. The Bertz CT molecular complexity index is 690. The molecule has 0 N–H and O–H groups in total. The largest absolute Gasteiger partial charge is 0.297 e. The van der Waals surface area contributed by atoms with Gasteiger partial charge in [-0.05, 0) is 26.0 Å². The molecule has 0 atom stereocenters. The standard InChI is InChI=1S/C15H19N5O/c1-11-3-4-15(21)20(18-11)9-13-7-19(8-13)10-14-5-6-16-12(2)17-14/h3-6,13H,7-10H2,1-2H3. The summed E-state index contributed by atoms with van der Waals surface area (Å²) in [5.74, 6) is 1.29. The smallest absolute Gasteiger partial charge is 0.266 e. The van der Waals surface area contributed by atoms with Crippen LogP contribution in [0.25, 0.3) is 0 Å². The molecule has 1 aliphatic rings. The second-order valence-electron chi connectivity index (χ2n) is 5.65. The second kappa shape index (κ2) is 5.73. The van der Waals surface area contributed by atoms with E-state index in [2.05, 4.69) is 20.0 Å². The lowest BCUT2D eigenvalue weighted by molar-refractivity contribution is 0.0752. The van der Waals surface area contributed by atoms with Crippen molar-refractivity contribution in [2.24, 2.45) is 5.92 Å². The molecule has 1 aliphatic heterocycles. The molecule has 0 aromatic carbocycles. The lowest BCUT2D eigenvalue weighted by Gasteiger charge is -2.39. The molecule has 110 valence electrons. The van der Waals surface area contributed by atoms with Gasteiger partial charge in [-0.25, -0.2) is 14.6 Å². The van der Waals surface area contributed by atoms with E-state index in [1.807, 2.05) is 19.9 Å². The average molecular weight is 285 g/mol. The fourth-order valence-electron chi connectivity index (χ4n) is 2.67. The summed E-state index contributed by atoms with van der Waals surface area (Å²) in [5.41, 5.74) is 1.90. The lowest BCUT2D eigenvalue weighted by atomic mass is 10.00. The molecule has 0 bridgehead atoms. The Balaban J connectivity index is 1.54. The Morgan fingerprint density at radius 2 is 2.05 bits per heavy atom. The van der Waals surface area contributed by atoms with E-state index >= 15 is 0 Å². The third-order valence-electron chi connectivity index (χ3n) is 3.68. The molecule has 0 unspecified atom stereocenters. The number of aromatic nitrogens is 4. The van der Waals surface area contributed by atoms with Crippen molar-refractivity contribution in [2.45, 2.75) is 26.9 Å². The zero-order valence-electron chi connectivity index (χ0n) is 12.4. The van der Waals surface area contributed by atoms with Gasteiger partial charge in [0.1, 0.15) is 5.82 Å². The van der Waals surface area contributed by atoms with Crippen molar-refractivity contribution in [1.82, 2.24) is 24.6 Å². The molecule has 6 nitrogen and oxygen atoms in total. The number of likely N-dealkylation sites (tertiary alicyclic amines) is 1. The van der Waals surface area contributed by atoms with Gasteiger partial charge in [-0.3, -0.25) is 9.69 Å². The maximum atomic E-state index is 11.7. The molecule has 1 saturated heterocycles. The summed E-state index contributed by atoms with van der Waals surface area (Å²) in [6.45, 7) is 7.30. The minimum absolute atomic E-state index is 0.0227. The molecule has 0 aliphatic carbocycles. The Morgan fingerprint density at radius 1 is 1.24 bits per heavy atom. The van der Waals surface area contributed by atoms with Crippen LogP contribution in [0.5, 0.6) is 0 Å². The number of hydrogen-bond donors (Lipinski definition) is 0. The number of aryl methyl sites for hydroxylation is 2. The van der Waals surface area contributed by atoms with Crippen LogP contribution in [0.3, 0.4) is 0 Å². The fraction of sp³-hybridized carbons (Fsp3) is 0.467. The molecule has 0 spiro atoms. The Hall–Kier alpha value is -2.08. The molecule has 0 saturated carbocycles. The van der Waals surface area contributed by atoms with Crippen LogP contribution in [0.4, 0.5) is 0 Å². The van der Waals surface area contributed by atoms with E-state index in [4.69, 9.17) is 0 Å². The van der Waals surface area contributed by atoms with Gasteiger partial charge >= 0.3 is 0 Å². The fourth-order valence-corrected chi connectivity index (χ4v) is 2.67. The van der Waals surface area contributed by atoms with Crippen LogP contribution in [-0.2, 0) is 13.1 Å². The van der Waals surface area contributed by atoms with Gasteiger partial charge in [0, 0.05) is 37.8 Å². The second-order valence-corrected chi connectivity index (χ2v) is 5.65. The van der Waals surface area contributed by atoms with E-state index in [0.717, 1.165) is 36.8 Å². The van der Waals surface area contributed by atoms with Crippen molar-refractivity contribution in [3.8, 4) is 0 Å². The number of hydrogen-bond acceptors (Lipinski definition) is 5. The van der Waals surface area contributed by atoms with Crippen molar-refractivity contribution in [3.05, 3.63) is 52.0 Å². The molecule has 3 rings (SSSR count). The van der Waals surface area contributed by atoms with Crippen molar-refractivity contribution < 1.29 is 0 Å². The quantitative estimate of drug-likeness (QED) is 0.830. The summed E-state index contributed by atoms with van der Waals surface area (Å²) >= 11 is 0. The summed E-state index contributed by atoms with van der Waals surface area (Å²) in [5, 5.41) is 4.28. The number of rotatable bonds is 4. The molecule has 0 radical (unpaired) electrons. The minimum atomic E-state index is -0.0227. The first-order valence-corrected chi connectivity index (χ1v) is 7.16. The highest BCUT2D eigenvalue weighted by Gasteiger charge is 2.27. The highest BCUT2D eigenvalue weighted by atomic mass is 16.1. The molecule has 6 heteroatoms. The summed E-state index contributed by atoms with van der Waals surface area (Å²) in [7, 11) is 0. The third kappa shape index (κ3) is 3.33. The van der Waals surface area contributed by atoms with Crippen LogP contribution < -0.4 is 5.56 Å². The van der Waals surface area contributed by atoms with Crippen LogP contribution in [0.15, 0.2) is 29.2 Å². The minimum Gasteiger partial charge on any atom is -0.297 e. The van der Waals surface area contributed by atoms with Gasteiger partial charge < -0.3 is 0 Å². The van der Waals surface area contributed by atoms with Crippen molar-refractivity contribution >= 4 is 0 Å². The Kier molecular flexibility index (Phi) is 3.79. The summed E-state index contributed by atoms with van der Waals surface area (Å²) in [4.78, 5) is 22.6. The SMILES string of the molecule is Cc1ccc(=O)n(CC2CN(Cc3ccnc(C)n3)C2)n1. The zero-order chi connectivity index (χ0) is 14.8. The highest BCUT2D eigenvalue weighted by molar-refractivity contribution is 5.03. The summed E-state index contributed by atoms with van der Waals surface area (Å²) in [6.07, 6.45) is 1.80. The molecule has 2 aromatic heterocycles. The van der Waals surface area contributed by atoms with E-state index in [1.165, 1.54) is 0 Å². The van der Waals surface area contributed by atoms with E-state index in [0.29, 0.717) is 12.5 Å². The maximum absolute atomic E-state index is 11.7. The Labute approximate surface area is 123 Å². The van der Waals surface area contributed by atoms with E-state index in [9.17, 15) is 4.79 Å². The first kappa shape index (κ1) is 13.9. The molecule has 0 amide bonds. The normalized spacial score (nSPS) is 15.9. The zero-order valence-corrected chi connectivity index (χ0v) is 12.4. The van der Waals surface area contributed by atoms with Gasteiger partial charge in [0.15, 0.2) is 0 Å². The van der Waals surface area contributed by atoms with Gasteiger partial charge in [0.25, 0.3) is 5.56 Å². The topological polar surface area (TPSA) is 63.9 Å². The van der Waals surface area contributed by atoms with Crippen molar-refractivity contribution in [2.75, 3.05) is 13.1 Å². The van der Waals surface area contributed by atoms with Crippen molar-refractivity contribution in [1.29, 1.82) is 0 Å².